The summed E-state index contributed by atoms with van der Waals surface area (Å²) in [5.74, 6) is 0. The minimum Gasteiger partial charge on any atom is -0.303 e. The fraction of sp³-hybridized carbons (Fsp3) is 0.750. The third kappa shape index (κ3) is 19.4. The Hall–Kier alpha value is -0.820. The number of unbranched alkanes of at least 4 members (excludes halogenated alkanes) is 12. The van der Waals surface area contributed by atoms with Gasteiger partial charge in [0.2, 0.25) is 0 Å². The molecule has 0 amide bonds. The Morgan fingerprint density at radius 3 is 0.960 bits per heavy atom. The molecule has 146 valence electrons. The average molecular weight is 348 g/mol. The van der Waals surface area contributed by atoms with Crippen LogP contribution in [-0.4, -0.2) is 24.5 Å². The van der Waals surface area contributed by atoms with E-state index in [2.05, 4.69) is 24.6 Å². The Kier molecular flexibility index (Phi) is 20.5. The molecule has 0 saturated carbocycles. The van der Waals surface area contributed by atoms with E-state index in [1.54, 1.807) is 0 Å². The van der Waals surface area contributed by atoms with Crippen molar-refractivity contribution in [3.63, 3.8) is 0 Å². The summed E-state index contributed by atoms with van der Waals surface area (Å²) in [6, 6.07) is 0. The molecule has 0 bridgehead atoms. The van der Waals surface area contributed by atoms with Gasteiger partial charge in [-0.25, -0.2) is 0 Å². The Morgan fingerprint density at radius 1 is 0.400 bits per heavy atom. The maximum atomic E-state index is 3.81. The third-order valence-electron chi connectivity index (χ3n) is 4.90. The minimum absolute atomic E-state index is 1.18. The van der Waals surface area contributed by atoms with Gasteiger partial charge in [-0.3, -0.25) is 0 Å². The van der Waals surface area contributed by atoms with E-state index in [-0.39, 0.29) is 0 Å². The summed E-state index contributed by atoms with van der Waals surface area (Å²) < 4.78 is 0. The number of hydrogen-bond acceptors (Lipinski definition) is 1. The molecule has 0 aromatic rings. The van der Waals surface area contributed by atoms with E-state index in [4.69, 9.17) is 0 Å². The Bertz CT molecular complexity index is 247. The lowest BCUT2D eigenvalue weighted by Crippen LogP contribution is -2.27. The summed E-state index contributed by atoms with van der Waals surface area (Å²) >= 11 is 0. The first-order valence-electron chi connectivity index (χ1n) is 10.9. The van der Waals surface area contributed by atoms with Crippen LogP contribution in [0.25, 0.3) is 0 Å². The first-order valence-corrected chi connectivity index (χ1v) is 10.9. The molecule has 0 spiro atoms. The van der Waals surface area contributed by atoms with Crippen LogP contribution in [0, 0.1) is 0 Å². The van der Waals surface area contributed by atoms with Crippen molar-refractivity contribution in [2.45, 2.75) is 96.3 Å². The van der Waals surface area contributed by atoms with Gasteiger partial charge in [0.1, 0.15) is 0 Å². The van der Waals surface area contributed by atoms with Crippen LogP contribution in [0.4, 0.5) is 0 Å². The van der Waals surface area contributed by atoms with E-state index in [9.17, 15) is 0 Å². The van der Waals surface area contributed by atoms with Crippen LogP contribution < -0.4 is 0 Å². The molecular weight excluding hydrogens is 302 g/mol. The van der Waals surface area contributed by atoms with E-state index >= 15 is 0 Å². The largest absolute Gasteiger partial charge is 0.303 e. The van der Waals surface area contributed by atoms with Crippen molar-refractivity contribution in [1.82, 2.24) is 4.90 Å². The maximum absolute atomic E-state index is 3.81. The molecule has 0 unspecified atom stereocenters. The highest BCUT2D eigenvalue weighted by Crippen LogP contribution is 2.10. The maximum Gasteiger partial charge on any atom is -0.00187 e. The molecule has 0 aromatic heterocycles. The number of allylic oxidation sites excluding steroid dienone is 3. The highest BCUT2D eigenvalue weighted by atomic mass is 15.1. The van der Waals surface area contributed by atoms with Crippen molar-refractivity contribution < 1.29 is 0 Å². The van der Waals surface area contributed by atoms with Crippen molar-refractivity contribution in [3.8, 4) is 0 Å². The molecule has 0 rings (SSSR count). The monoisotopic (exact) mass is 347 g/mol. The fourth-order valence-corrected chi connectivity index (χ4v) is 3.27. The first kappa shape index (κ1) is 24.2. The lowest BCUT2D eigenvalue weighted by Gasteiger charge is -2.22. The van der Waals surface area contributed by atoms with Gasteiger partial charge in [-0.2, -0.15) is 0 Å². The topological polar surface area (TPSA) is 3.24 Å². The van der Waals surface area contributed by atoms with Crippen LogP contribution in [0.3, 0.4) is 0 Å². The molecule has 0 N–H and O–H groups in total. The summed E-state index contributed by atoms with van der Waals surface area (Å²) in [5, 5.41) is 0. The quantitative estimate of drug-likeness (QED) is 0.152. The molecule has 0 radical (unpaired) electrons. The van der Waals surface area contributed by atoms with Crippen molar-refractivity contribution >= 4 is 0 Å². The highest BCUT2D eigenvalue weighted by Gasteiger charge is 2.04. The predicted octanol–water partition coefficient (Wildman–Crippen LogP) is 7.70. The van der Waals surface area contributed by atoms with E-state index in [1.165, 1.54) is 116 Å². The molecule has 1 heteroatoms. The zero-order valence-corrected chi connectivity index (χ0v) is 17.0. The molecule has 0 aliphatic carbocycles. The number of nitrogens with zero attached hydrogens (tertiary/aromatic N) is 1. The Balaban J connectivity index is 3.81. The van der Waals surface area contributed by atoms with Gasteiger partial charge in [-0.1, -0.05) is 56.8 Å². The first-order chi connectivity index (χ1) is 12.3. The molecule has 0 fully saturated rings. The van der Waals surface area contributed by atoms with Gasteiger partial charge in [0.05, 0.1) is 0 Å². The van der Waals surface area contributed by atoms with Crippen LogP contribution in [-0.2, 0) is 0 Å². The van der Waals surface area contributed by atoms with E-state index < -0.39 is 0 Å². The highest BCUT2D eigenvalue weighted by molar-refractivity contribution is 4.68. The smallest absolute Gasteiger partial charge is 0.00187 e. The number of hydrogen-bond donors (Lipinski definition) is 0. The van der Waals surface area contributed by atoms with Gasteiger partial charge >= 0.3 is 0 Å². The summed E-state index contributed by atoms with van der Waals surface area (Å²) in [6.45, 7) is 15.3. The third-order valence-corrected chi connectivity index (χ3v) is 4.90. The minimum atomic E-state index is 1.18. The van der Waals surface area contributed by atoms with Crippen molar-refractivity contribution in [1.29, 1.82) is 0 Å². The van der Waals surface area contributed by atoms with E-state index in [0.717, 1.165) is 0 Å². The van der Waals surface area contributed by atoms with Gasteiger partial charge in [0.15, 0.2) is 0 Å². The lowest BCUT2D eigenvalue weighted by atomic mass is 10.1. The fourth-order valence-electron chi connectivity index (χ4n) is 3.27. The molecule has 0 heterocycles. The van der Waals surface area contributed by atoms with Crippen LogP contribution in [0.5, 0.6) is 0 Å². The molecule has 1 nitrogen and oxygen atoms in total. The van der Waals surface area contributed by atoms with Crippen LogP contribution in [0.1, 0.15) is 96.3 Å². The SMILES string of the molecule is C=CCCCCCCN(CCCCCCC=C)CCCCCCC=C. The summed E-state index contributed by atoms with van der Waals surface area (Å²) in [6.07, 6.45) is 25.9. The normalized spacial score (nSPS) is 10.9. The van der Waals surface area contributed by atoms with Gasteiger partial charge in [0.25, 0.3) is 0 Å². The van der Waals surface area contributed by atoms with Crippen LogP contribution >= 0.6 is 0 Å². The van der Waals surface area contributed by atoms with Crippen molar-refractivity contribution in [3.05, 3.63) is 38.0 Å². The van der Waals surface area contributed by atoms with Crippen molar-refractivity contribution in [2.24, 2.45) is 0 Å². The molecule has 25 heavy (non-hydrogen) atoms. The summed E-state index contributed by atoms with van der Waals surface area (Å²) in [5.41, 5.74) is 0. The number of rotatable bonds is 21. The van der Waals surface area contributed by atoms with Gasteiger partial charge in [-0.05, 0) is 77.4 Å². The second kappa shape index (κ2) is 21.2. The second-order valence-electron chi connectivity index (χ2n) is 7.32. The average Bonchev–Trinajstić information content (AvgIpc) is 2.63. The molecule has 0 aliphatic heterocycles. The van der Waals surface area contributed by atoms with Crippen LogP contribution in [0.2, 0.25) is 0 Å². The summed E-state index contributed by atoms with van der Waals surface area (Å²) in [4.78, 5) is 2.73. The van der Waals surface area contributed by atoms with Crippen molar-refractivity contribution in [2.75, 3.05) is 19.6 Å². The standard InChI is InChI=1S/C24H45N/c1-4-7-10-13-16-19-22-25(23-20-17-14-11-8-5-2)24-21-18-15-12-9-6-3/h4-6H,1-3,7-24H2. The summed E-state index contributed by atoms with van der Waals surface area (Å²) in [7, 11) is 0. The molecule has 0 aliphatic rings. The lowest BCUT2D eigenvalue weighted by molar-refractivity contribution is 0.254. The Morgan fingerprint density at radius 2 is 0.680 bits per heavy atom. The molecular formula is C24H45N. The molecule has 0 saturated heterocycles. The van der Waals surface area contributed by atoms with Gasteiger partial charge in [-0.15, -0.1) is 19.7 Å². The van der Waals surface area contributed by atoms with Gasteiger partial charge in [0, 0.05) is 0 Å². The molecule has 0 atom stereocenters. The van der Waals surface area contributed by atoms with E-state index in [0.29, 0.717) is 0 Å². The zero-order chi connectivity index (χ0) is 18.4. The van der Waals surface area contributed by atoms with Gasteiger partial charge < -0.3 is 4.90 Å². The predicted molar refractivity (Wildman–Crippen MR) is 116 cm³/mol. The van der Waals surface area contributed by atoms with E-state index in [1.807, 2.05) is 18.2 Å². The second-order valence-corrected chi connectivity index (χ2v) is 7.32. The van der Waals surface area contributed by atoms with Crippen LogP contribution in [0.15, 0.2) is 38.0 Å². The zero-order valence-electron chi connectivity index (χ0n) is 17.0. The molecule has 0 aromatic carbocycles. The Labute approximate surface area is 159 Å².